The Bertz CT molecular complexity index is 812. The van der Waals surface area contributed by atoms with E-state index < -0.39 is 7.26 Å². The predicted octanol–water partition coefficient (Wildman–Crippen LogP) is 5.67. The molecule has 126 valence electrons. The Labute approximate surface area is 152 Å². The number of hydrogen-bond acceptors (Lipinski definition) is 0. The first-order valence-electron chi connectivity index (χ1n) is 9.27. The van der Waals surface area contributed by atoms with Crippen LogP contribution in [0, 0.1) is 6.92 Å². The van der Waals surface area contributed by atoms with E-state index in [0.717, 1.165) is 0 Å². The van der Waals surface area contributed by atoms with Crippen LogP contribution in [0.25, 0.3) is 0 Å². The van der Waals surface area contributed by atoms with Crippen LogP contribution in [0.3, 0.4) is 0 Å². The number of aryl methyl sites for hydroxylation is 1. The number of hydrogen-bond donors (Lipinski definition) is 0. The van der Waals surface area contributed by atoms with Gasteiger partial charge in [-0.3, -0.25) is 0 Å². The molecule has 1 unspecified atom stereocenters. The third kappa shape index (κ3) is 2.94. The van der Waals surface area contributed by atoms with Gasteiger partial charge in [-0.2, -0.15) is 0 Å². The average molecular weight is 345 g/mol. The van der Waals surface area contributed by atoms with Crippen molar-refractivity contribution in [3.63, 3.8) is 0 Å². The molecule has 25 heavy (non-hydrogen) atoms. The molecule has 0 fully saturated rings. The minimum atomic E-state index is -1.44. The average Bonchev–Trinajstić information content (AvgIpc) is 2.82. The summed E-state index contributed by atoms with van der Waals surface area (Å²) in [6, 6.07) is 29.5. The molecule has 0 amide bonds. The van der Waals surface area contributed by atoms with Crippen LogP contribution >= 0.6 is 7.26 Å². The van der Waals surface area contributed by atoms with Gasteiger partial charge < -0.3 is 0 Å². The number of fused-ring (bicyclic) bond motifs is 1. The lowest BCUT2D eigenvalue weighted by atomic mass is 9.92. The van der Waals surface area contributed by atoms with Gasteiger partial charge in [-0.15, -0.1) is 0 Å². The second kappa shape index (κ2) is 6.77. The molecule has 0 N–H and O–H groups in total. The molecule has 0 bridgehead atoms. The SMILES string of the molecule is Cc1cccc2c1C[P+](c1ccccc1)(c1ccccc1)CCC2C. The van der Waals surface area contributed by atoms with Gasteiger partial charge in [-0.05, 0) is 60.2 Å². The molecular formula is C24H26P+. The zero-order valence-corrected chi connectivity index (χ0v) is 16.0. The van der Waals surface area contributed by atoms with Crippen LogP contribution in [0.1, 0.15) is 36.0 Å². The molecule has 0 aliphatic carbocycles. The van der Waals surface area contributed by atoms with Crippen LogP contribution in [0.4, 0.5) is 0 Å². The summed E-state index contributed by atoms with van der Waals surface area (Å²) in [5, 5.41) is 3.12. The molecular weight excluding hydrogens is 319 g/mol. The molecule has 0 aromatic heterocycles. The maximum atomic E-state index is 2.41. The predicted molar refractivity (Wildman–Crippen MR) is 112 cm³/mol. The van der Waals surface area contributed by atoms with Crippen molar-refractivity contribution in [2.75, 3.05) is 6.16 Å². The van der Waals surface area contributed by atoms with Crippen molar-refractivity contribution in [1.29, 1.82) is 0 Å². The summed E-state index contributed by atoms with van der Waals surface area (Å²) in [5.74, 6) is 0.643. The molecule has 1 aliphatic heterocycles. The van der Waals surface area contributed by atoms with E-state index in [2.05, 4.69) is 92.7 Å². The lowest BCUT2D eigenvalue weighted by Gasteiger charge is -2.27. The second-order valence-electron chi connectivity index (χ2n) is 7.35. The molecule has 0 radical (unpaired) electrons. The first-order chi connectivity index (χ1) is 12.2. The first kappa shape index (κ1) is 16.6. The third-order valence-electron chi connectivity index (χ3n) is 5.85. The molecule has 1 heteroatoms. The van der Waals surface area contributed by atoms with Gasteiger partial charge in [-0.25, -0.2) is 0 Å². The van der Waals surface area contributed by atoms with Gasteiger partial charge >= 0.3 is 0 Å². The molecule has 1 heterocycles. The Hall–Kier alpha value is -1.91. The highest BCUT2D eigenvalue weighted by Crippen LogP contribution is 2.62. The van der Waals surface area contributed by atoms with Crippen LogP contribution in [-0.2, 0) is 6.16 Å². The Balaban J connectivity index is 1.95. The van der Waals surface area contributed by atoms with Crippen molar-refractivity contribution < 1.29 is 0 Å². The van der Waals surface area contributed by atoms with E-state index in [-0.39, 0.29) is 0 Å². The Morgan fingerprint density at radius 2 is 1.36 bits per heavy atom. The maximum absolute atomic E-state index is 2.41. The van der Waals surface area contributed by atoms with Crippen molar-refractivity contribution in [1.82, 2.24) is 0 Å². The molecule has 1 atom stereocenters. The minimum Gasteiger partial charge on any atom is -0.0620 e. The van der Waals surface area contributed by atoms with Gasteiger partial charge in [0.2, 0.25) is 0 Å². The van der Waals surface area contributed by atoms with Crippen molar-refractivity contribution in [3.8, 4) is 0 Å². The fourth-order valence-electron chi connectivity index (χ4n) is 4.34. The van der Waals surface area contributed by atoms with Gasteiger partial charge in [0.05, 0.1) is 30.2 Å². The van der Waals surface area contributed by atoms with Crippen LogP contribution in [0.2, 0.25) is 0 Å². The van der Waals surface area contributed by atoms with E-state index >= 15 is 0 Å². The summed E-state index contributed by atoms with van der Waals surface area (Å²) in [6.45, 7) is 4.70. The van der Waals surface area contributed by atoms with E-state index in [0.29, 0.717) is 5.92 Å². The number of benzene rings is 3. The van der Waals surface area contributed by atoms with E-state index in [1.54, 1.807) is 21.7 Å². The van der Waals surface area contributed by atoms with Crippen LogP contribution < -0.4 is 10.6 Å². The van der Waals surface area contributed by atoms with Crippen molar-refractivity contribution in [2.45, 2.75) is 32.3 Å². The second-order valence-corrected chi connectivity index (χ2v) is 11.1. The Morgan fingerprint density at radius 1 is 0.760 bits per heavy atom. The fourth-order valence-corrected chi connectivity index (χ4v) is 8.96. The fraction of sp³-hybridized carbons (Fsp3) is 0.250. The first-order valence-corrected chi connectivity index (χ1v) is 11.4. The van der Waals surface area contributed by atoms with Crippen LogP contribution in [0.15, 0.2) is 78.9 Å². The summed E-state index contributed by atoms with van der Waals surface area (Å²) in [4.78, 5) is 0. The standard InChI is InChI=1S/C24H26P/c1-19-10-9-15-23-20(2)16-17-25(18-24(19)23,21-11-5-3-6-12-21)22-13-7-4-8-14-22/h3-15,20H,16-18H2,1-2H3/q+1. The summed E-state index contributed by atoms with van der Waals surface area (Å²) < 4.78 is 0. The molecule has 4 rings (SSSR count). The van der Waals surface area contributed by atoms with Crippen LogP contribution in [0.5, 0.6) is 0 Å². The molecule has 0 nitrogen and oxygen atoms in total. The quantitative estimate of drug-likeness (QED) is 0.525. The smallest absolute Gasteiger partial charge is 0.0620 e. The lowest BCUT2D eigenvalue weighted by Crippen LogP contribution is -2.26. The molecule has 3 aromatic carbocycles. The maximum Gasteiger partial charge on any atom is 0.0995 e. The van der Waals surface area contributed by atoms with Gasteiger partial charge in [0.1, 0.15) is 0 Å². The highest BCUT2D eigenvalue weighted by Gasteiger charge is 2.45. The van der Waals surface area contributed by atoms with E-state index in [1.165, 1.54) is 24.3 Å². The summed E-state index contributed by atoms with van der Waals surface area (Å²) >= 11 is 0. The van der Waals surface area contributed by atoms with Gasteiger partial charge in [0.15, 0.2) is 0 Å². The molecule has 0 saturated heterocycles. The molecule has 1 aliphatic rings. The summed E-state index contributed by atoms with van der Waals surface area (Å²) in [6.07, 6.45) is 3.78. The minimum absolute atomic E-state index is 0.643. The number of rotatable bonds is 2. The van der Waals surface area contributed by atoms with Crippen LogP contribution in [-0.4, -0.2) is 6.16 Å². The lowest BCUT2D eigenvalue weighted by molar-refractivity contribution is 0.738. The van der Waals surface area contributed by atoms with E-state index in [1.807, 2.05) is 0 Å². The van der Waals surface area contributed by atoms with Crippen molar-refractivity contribution in [3.05, 3.63) is 95.6 Å². The molecule has 0 spiro atoms. The van der Waals surface area contributed by atoms with E-state index in [4.69, 9.17) is 0 Å². The zero-order valence-electron chi connectivity index (χ0n) is 15.2. The van der Waals surface area contributed by atoms with Crippen molar-refractivity contribution in [2.24, 2.45) is 0 Å². The highest BCUT2D eigenvalue weighted by atomic mass is 31.2. The largest absolute Gasteiger partial charge is 0.0995 e. The summed E-state index contributed by atoms with van der Waals surface area (Å²) in [7, 11) is -1.44. The Kier molecular flexibility index (Phi) is 4.48. The molecule has 0 saturated carbocycles. The topological polar surface area (TPSA) is 0 Å². The molecule has 3 aromatic rings. The zero-order chi connectivity index (χ0) is 17.3. The normalized spacial score (nSPS) is 19.0. The highest BCUT2D eigenvalue weighted by molar-refractivity contribution is 7.88. The van der Waals surface area contributed by atoms with Gasteiger partial charge in [0, 0.05) is 0 Å². The summed E-state index contributed by atoms with van der Waals surface area (Å²) in [5.41, 5.74) is 4.64. The monoisotopic (exact) mass is 345 g/mol. The van der Waals surface area contributed by atoms with Gasteiger partial charge in [0.25, 0.3) is 0 Å². The van der Waals surface area contributed by atoms with Crippen molar-refractivity contribution >= 4 is 17.9 Å². The Morgan fingerprint density at radius 3 is 1.96 bits per heavy atom. The van der Waals surface area contributed by atoms with Gasteiger partial charge in [-0.1, -0.05) is 61.5 Å². The van der Waals surface area contributed by atoms with E-state index in [9.17, 15) is 0 Å². The third-order valence-corrected chi connectivity index (χ3v) is 10.3.